The molecule has 0 unspecified atom stereocenters. The summed E-state index contributed by atoms with van der Waals surface area (Å²) >= 11 is 0. The number of ether oxygens (including phenoxy) is 2. The van der Waals surface area contributed by atoms with Gasteiger partial charge in [-0.3, -0.25) is 5.32 Å². The smallest absolute Gasteiger partial charge is 0.409 e. The van der Waals surface area contributed by atoms with Gasteiger partial charge in [-0.05, 0) is 26.3 Å². The highest BCUT2D eigenvalue weighted by Gasteiger charge is 2.49. The van der Waals surface area contributed by atoms with E-state index in [2.05, 4.69) is 0 Å². The van der Waals surface area contributed by atoms with Gasteiger partial charge in [-0.25, -0.2) is 14.4 Å². The van der Waals surface area contributed by atoms with Gasteiger partial charge in [-0.15, -0.1) is 0 Å². The zero-order valence-corrected chi connectivity index (χ0v) is 13.7. The van der Waals surface area contributed by atoms with Crippen LogP contribution in [0.4, 0.5) is 4.79 Å². The van der Waals surface area contributed by atoms with Gasteiger partial charge in [-0.1, -0.05) is 30.3 Å². The molecule has 0 heterocycles. The average molecular weight is 339 g/mol. The molecule has 8 nitrogen and oxygen atoms in total. The lowest BCUT2D eigenvalue weighted by Crippen LogP contribution is -2.63. The average Bonchev–Trinajstić information content (AvgIpc) is 2.44. The number of nitrogens with one attached hydrogen (secondary N) is 1. The van der Waals surface area contributed by atoms with Crippen LogP contribution in [0.2, 0.25) is 0 Å². The van der Waals surface area contributed by atoms with Crippen LogP contribution in [0.5, 0.6) is 0 Å². The first kappa shape index (κ1) is 19.4. The third-order valence-corrected chi connectivity index (χ3v) is 2.87. The second kappa shape index (κ2) is 7.78. The lowest BCUT2D eigenvalue weighted by Gasteiger charge is -2.28. The number of aliphatic carboxylic acids is 2. The highest BCUT2D eigenvalue weighted by atomic mass is 16.6. The summed E-state index contributed by atoms with van der Waals surface area (Å²) in [5.74, 6) is -3.51. The fourth-order valence-corrected chi connectivity index (χ4v) is 1.73. The molecule has 132 valence electrons. The molecule has 1 amide bonds. The zero-order chi connectivity index (χ0) is 18.4. The number of benzene rings is 1. The van der Waals surface area contributed by atoms with E-state index in [9.17, 15) is 24.6 Å². The molecular weight excluding hydrogens is 318 g/mol. The first-order chi connectivity index (χ1) is 11.1. The second-order valence-corrected chi connectivity index (χ2v) is 6.12. The van der Waals surface area contributed by atoms with Crippen molar-refractivity contribution in [3.8, 4) is 0 Å². The highest BCUT2D eigenvalue weighted by Crippen LogP contribution is 2.13. The fraction of sp³-hybridized carbons (Fsp3) is 0.438. The number of hydrogen-bond donors (Lipinski definition) is 3. The van der Waals surface area contributed by atoms with E-state index in [1.54, 1.807) is 51.1 Å². The van der Waals surface area contributed by atoms with Crippen molar-refractivity contribution < 1.29 is 34.1 Å². The van der Waals surface area contributed by atoms with Gasteiger partial charge in [0, 0.05) is 0 Å². The molecule has 0 fully saturated rings. The Morgan fingerprint density at radius 1 is 1.04 bits per heavy atom. The topological polar surface area (TPSA) is 122 Å². The van der Waals surface area contributed by atoms with Crippen molar-refractivity contribution in [3.05, 3.63) is 35.9 Å². The molecule has 24 heavy (non-hydrogen) atoms. The number of alkyl carbamates (subject to hydrolysis) is 1. The van der Waals surface area contributed by atoms with Crippen LogP contribution >= 0.6 is 0 Å². The molecule has 0 aromatic heterocycles. The molecule has 0 saturated heterocycles. The van der Waals surface area contributed by atoms with Crippen LogP contribution in [-0.4, -0.2) is 46.0 Å². The standard InChI is InChI=1S/C16H21NO7/c1-15(2,3)24-14(22)17-16(12(18)19,13(20)21)10-23-9-11-7-5-4-6-8-11/h4-8H,9-10H2,1-3H3,(H,17,22)(H,18,19)(H,20,21). The Morgan fingerprint density at radius 2 is 1.58 bits per heavy atom. The quantitative estimate of drug-likeness (QED) is 0.645. The van der Waals surface area contributed by atoms with Crippen molar-refractivity contribution in [2.24, 2.45) is 0 Å². The van der Waals surface area contributed by atoms with Gasteiger partial charge in [0.15, 0.2) is 0 Å². The van der Waals surface area contributed by atoms with Gasteiger partial charge in [0.1, 0.15) is 5.60 Å². The van der Waals surface area contributed by atoms with Gasteiger partial charge >= 0.3 is 18.0 Å². The van der Waals surface area contributed by atoms with Crippen LogP contribution in [0.3, 0.4) is 0 Å². The highest BCUT2D eigenvalue weighted by molar-refractivity contribution is 6.06. The van der Waals surface area contributed by atoms with Crippen LogP contribution in [-0.2, 0) is 25.7 Å². The Balaban J connectivity index is 2.84. The number of carboxylic acids is 2. The van der Waals surface area contributed by atoms with E-state index in [0.29, 0.717) is 0 Å². The Kier molecular flexibility index (Phi) is 6.30. The largest absolute Gasteiger partial charge is 0.479 e. The summed E-state index contributed by atoms with van der Waals surface area (Å²) in [4.78, 5) is 34.8. The van der Waals surface area contributed by atoms with Crippen LogP contribution in [0.15, 0.2) is 30.3 Å². The Bertz CT molecular complexity index is 578. The van der Waals surface area contributed by atoms with E-state index < -0.39 is 35.8 Å². The second-order valence-electron chi connectivity index (χ2n) is 6.12. The number of carbonyl (C=O) groups excluding carboxylic acids is 1. The van der Waals surface area contributed by atoms with Crippen LogP contribution in [0.1, 0.15) is 26.3 Å². The van der Waals surface area contributed by atoms with Crippen molar-refractivity contribution in [2.75, 3.05) is 6.61 Å². The molecule has 0 aliphatic rings. The molecular formula is C16H21NO7. The predicted octanol–water partition coefficient (Wildman–Crippen LogP) is 1.64. The van der Waals surface area contributed by atoms with Gasteiger partial charge in [0.25, 0.3) is 5.54 Å². The van der Waals surface area contributed by atoms with Gasteiger partial charge in [0.2, 0.25) is 0 Å². The number of rotatable bonds is 7. The Hall–Kier alpha value is -2.61. The third-order valence-electron chi connectivity index (χ3n) is 2.87. The summed E-state index contributed by atoms with van der Waals surface area (Å²) < 4.78 is 10.1. The molecule has 0 spiro atoms. The molecule has 0 radical (unpaired) electrons. The molecule has 8 heteroatoms. The maximum atomic E-state index is 11.8. The summed E-state index contributed by atoms with van der Waals surface area (Å²) in [6, 6.07) is 8.81. The van der Waals surface area contributed by atoms with Crippen LogP contribution in [0.25, 0.3) is 0 Å². The van der Waals surface area contributed by atoms with Crippen LogP contribution in [0, 0.1) is 0 Å². The molecule has 1 aromatic rings. The maximum absolute atomic E-state index is 11.8. The lowest BCUT2D eigenvalue weighted by molar-refractivity contribution is -0.163. The summed E-state index contributed by atoms with van der Waals surface area (Å²) in [6.45, 7) is 3.95. The fourth-order valence-electron chi connectivity index (χ4n) is 1.73. The van der Waals surface area contributed by atoms with E-state index in [4.69, 9.17) is 9.47 Å². The number of amides is 1. The molecule has 0 saturated carbocycles. The summed E-state index contributed by atoms with van der Waals surface area (Å²) in [5, 5.41) is 20.5. The van der Waals surface area contributed by atoms with Crippen molar-refractivity contribution in [1.82, 2.24) is 5.32 Å². The lowest BCUT2D eigenvalue weighted by atomic mass is 10.0. The van der Waals surface area contributed by atoms with E-state index in [1.165, 1.54) is 0 Å². The minimum Gasteiger partial charge on any atom is -0.479 e. The third kappa shape index (κ3) is 5.54. The molecule has 3 N–H and O–H groups in total. The predicted molar refractivity (Wildman–Crippen MR) is 83.5 cm³/mol. The van der Waals surface area contributed by atoms with E-state index in [0.717, 1.165) is 5.56 Å². The number of carboxylic acid groups (broad SMARTS) is 2. The summed E-state index contributed by atoms with van der Waals surface area (Å²) in [7, 11) is 0. The number of carbonyl (C=O) groups is 3. The normalized spacial score (nSPS) is 11.6. The monoisotopic (exact) mass is 339 g/mol. The molecule has 0 atom stereocenters. The van der Waals surface area contributed by atoms with Crippen molar-refractivity contribution in [3.63, 3.8) is 0 Å². The SMILES string of the molecule is CC(C)(C)OC(=O)NC(COCc1ccccc1)(C(=O)O)C(=O)O. The van der Waals surface area contributed by atoms with Crippen molar-refractivity contribution in [1.29, 1.82) is 0 Å². The van der Waals surface area contributed by atoms with E-state index in [1.807, 2.05) is 5.32 Å². The van der Waals surface area contributed by atoms with Crippen LogP contribution < -0.4 is 5.32 Å². The maximum Gasteiger partial charge on any atom is 0.409 e. The molecule has 0 aliphatic carbocycles. The minimum atomic E-state index is -2.64. The summed E-state index contributed by atoms with van der Waals surface area (Å²) in [6.07, 6.45) is -1.16. The molecule has 1 aromatic carbocycles. The van der Waals surface area contributed by atoms with E-state index in [-0.39, 0.29) is 6.61 Å². The van der Waals surface area contributed by atoms with Crippen molar-refractivity contribution in [2.45, 2.75) is 38.5 Å². The van der Waals surface area contributed by atoms with Gasteiger partial charge < -0.3 is 19.7 Å². The first-order valence-electron chi connectivity index (χ1n) is 7.16. The molecule has 0 aliphatic heterocycles. The molecule has 0 bridgehead atoms. The summed E-state index contributed by atoms with van der Waals surface area (Å²) in [5.41, 5.74) is -2.81. The minimum absolute atomic E-state index is 0.000845. The Labute approximate surface area is 139 Å². The van der Waals surface area contributed by atoms with Crippen molar-refractivity contribution >= 4 is 18.0 Å². The number of hydrogen-bond acceptors (Lipinski definition) is 5. The zero-order valence-electron chi connectivity index (χ0n) is 13.7. The van der Waals surface area contributed by atoms with Gasteiger partial charge in [-0.2, -0.15) is 0 Å². The first-order valence-corrected chi connectivity index (χ1v) is 7.16. The molecule has 1 rings (SSSR count). The Morgan fingerprint density at radius 3 is 2.04 bits per heavy atom. The van der Waals surface area contributed by atoms with E-state index >= 15 is 0 Å². The van der Waals surface area contributed by atoms with Gasteiger partial charge in [0.05, 0.1) is 13.2 Å².